The Morgan fingerprint density at radius 3 is 2.42 bits per heavy atom. The van der Waals surface area contributed by atoms with Gasteiger partial charge in [-0.1, -0.05) is 6.07 Å². The van der Waals surface area contributed by atoms with Gasteiger partial charge in [0.2, 0.25) is 0 Å². The van der Waals surface area contributed by atoms with Crippen LogP contribution in [-0.2, 0) is 17.5 Å². The van der Waals surface area contributed by atoms with Crippen LogP contribution >= 0.6 is 0 Å². The molecule has 0 aliphatic carbocycles. The van der Waals surface area contributed by atoms with Gasteiger partial charge in [-0.15, -0.1) is 0 Å². The number of benzene rings is 2. The van der Waals surface area contributed by atoms with Crippen molar-refractivity contribution in [2.45, 2.75) is 33.5 Å². The number of carbonyl (C=O) groups is 2. The summed E-state index contributed by atoms with van der Waals surface area (Å²) >= 11 is 0. The Morgan fingerprint density at radius 1 is 1.06 bits per heavy atom. The predicted octanol–water partition coefficient (Wildman–Crippen LogP) is 5.93. The van der Waals surface area contributed by atoms with E-state index in [2.05, 4.69) is 5.32 Å². The lowest BCUT2D eigenvalue weighted by atomic mass is 10.0. The number of aromatic nitrogens is 1. The number of anilines is 1. The maximum atomic E-state index is 14.5. The van der Waals surface area contributed by atoms with Crippen LogP contribution in [0.15, 0.2) is 42.6 Å². The molecule has 0 saturated carbocycles. The van der Waals surface area contributed by atoms with Gasteiger partial charge in [-0.25, -0.2) is 9.18 Å². The van der Waals surface area contributed by atoms with Crippen LogP contribution in [-0.4, -0.2) is 47.8 Å². The van der Waals surface area contributed by atoms with Gasteiger partial charge in [0.1, 0.15) is 5.82 Å². The van der Waals surface area contributed by atoms with Gasteiger partial charge in [0, 0.05) is 37.8 Å². The topological polar surface area (TPSA) is 72.8 Å². The van der Waals surface area contributed by atoms with Gasteiger partial charge < -0.3 is 24.3 Å². The minimum absolute atomic E-state index is 0.0513. The van der Waals surface area contributed by atoms with Crippen LogP contribution in [0.5, 0.6) is 5.75 Å². The monoisotopic (exact) mass is 509 g/mol. The molecule has 3 aromatic rings. The number of carbonyl (C=O) groups excluding carboxylic acids is 2. The molecule has 0 radical (unpaired) electrons. The van der Waals surface area contributed by atoms with E-state index in [1.807, 2.05) is 11.5 Å². The van der Waals surface area contributed by atoms with E-state index in [0.717, 1.165) is 12.1 Å². The lowest BCUT2D eigenvalue weighted by Crippen LogP contribution is -2.33. The van der Waals surface area contributed by atoms with Gasteiger partial charge >= 0.3 is 12.3 Å². The Kier molecular flexibility index (Phi) is 8.57. The zero-order chi connectivity index (χ0) is 26.5. The van der Waals surface area contributed by atoms with E-state index >= 15 is 0 Å². The maximum absolute atomic E-state index is 14.5. The molecule has 0 fully saturated rings. The summed E-state index contributed by atoms with van der Waals surface area (Å²) in [6.45, 7) is 7.48. The van der Waals surface area contributed by atoms with E-state index in [4.69, 9.17) is 9.47 Å². The second-order valence-corrected chi connectivity index (χ2v) is 7.73. The molecule has 194 valence electrons. The largest absolute Gasteiger partial charge is 0.417 e. The molecule has 1 N–H and O–H groups in total. The number of hydrogen-bond donors (Lipinski definition) is 1. The summed E-state index contributed by atoms with van der Waals surface area (Å²) in [5.41, 5.74) is -2.01. The summed E-state index contributed by atoms with van der Waals surface area (Å²) in [7, 11) is 0. The fourth-order valence-electron chi connectivity index (χ4n) is 3.78. The number of rotatable bonds is 9. The van der Waals surface area contributed by atoms with Crippen molar-refractivity contribution in [3.8, 4) is 5.75 Å². The summed E-state index contributed by atoms with van der Waals surface area (Å²) in [5.74, 6) is -2.74. The molecular formula is C25H27F4N3O4. The highest BCUT2D eigenvalue weighted by Crippen LogP contribution is 2.37. The van der Waals surface area contributed by atoms with Crippen molar-refractivity contribution >= 4 is 28.6 Å². The molecule has 0 atom stereocenters. The van der Waals surface area contributed by atoms with Gasteiger partial charge in [-0.05, 0) is 51.1 Å². The van der Waals surface area contributed by atoms with E-state index in [9.17, 15) is 27.2 Å². The average molecular weight is 510 g/mol. The first-order valence-electron chi connectivity index (χ1n) is 11.5. The first-order chi connectivity index (χ1) is 17.1. The normalized spacial score (nSPS) is 11.5. The van der Waals surface area contributed by atoms with Crippen LogP contribution in [0.1, 0.15) is 36.7 Å². The molecule has 2 amide bonds. The van der Waals surface area contributed by atoms with Crippen molar-refractivity contribution in [2.24, 2.45) is 0 Å². The smallest absolute Gasteiger partial charge is 0.408 e. The third-order valence-corrected chi connectivity index (χ3v) is 5.60. The summed E-state index contributed by atoms with van der Waals surface area (Å²) in [5, 5.41) is 2.76. The lowest BCUT2D eigenvalue weighted by Gasteiger charge is -2.20. The lowest BCUT2D eigenvalue weighted by molar-refractivity contribution is -0.138. The molecule has 0 saturated heterocycles. The number of amides is 2. The SMILES string of the molecule is CCOCCn1ccc2c(NC(=O)c3c(F)cccc3C(F)(F)F)c(OC(=O)N(CC)CC)ccc21. The summed E-state index contributed by atoms with van der Waals surface area (Å²) in [4.78, 5) is 27.0. The molecule has 0 aliphatic heterocycles. The summed E-state index contributed by atoms with van der Waals surface area (Å²) in [6.07, 6.45) is -3.95. The Balaban J connectivity index is 2.09. The second kappa shape index (κ2) is 11.4. The molecule has 11 heteroatoms. The average Bonchev–Trinajstić information content (AvgIpc) is 3.24. The van der Waals surface area contributed by atoms with E-state index in [1.54, 1.807) is 32.2 Å². The van der Waals surface area contributed by atoms with Crippen molar-refractivity contribution in [3.63, 3.8) is 0 Å². The molecule has 0 bridgehead atoms. The Morgan fingerprint density at radius 2 is 1.78 bits per heavy atom. The fourth-order valence-corrected chi connectivity index (χ4v) is 3.78. The van der Waals surface area contributed by atoms with Crippen molar-refractivity contribution in [2.75, 3.05) is 31.6 Å². The van der Waals surface area contributed by atoms with Gasteiger partial charge in [-0.3, -0.25) is 4.79 Å². The van der Waals surface area contributed by atoms with Crippen LogP contribution in [0.3, 0.4) is 0 Å². The van der Waals surface area contributed by atoms with Gasteiger partial charge in [-0.2, -0.15) is 13.2 Å². The predicted molar refractivity (Wildman–Crippen MR) is 127 cm³/mol. The maximum Gasteiger partial charge on any atom is 0.417 e. The number of fused-ring (bicyclic) bond motifs is 1. The highest BCUT2D eigenvalue weighted by atomic mass is 19.4. The second-order valence-electron chi connectivity index (χ2n) is 7.73. The number of nitrogens with one attached hydrogen (secondary N) is 1. The number of ether oxygens (including phenoxy) is 2. The first-order valence-corrected chi connectivity index (χ1v) is 11.5. The van der Waals surface area contributed by atoms with E-state index < -0.39 is 35.1 Å². The molecule has 3 rings (SSSR count). The van der Waals surface area contributed by atoms with Crippen LogP contribution < -0.4 is 10.1 Å². The zero-order valence-electron chi connectivity index (χ0n) is 20.1. The molecule has 1 heterocycles. The van der Waals surface area contributed by atoms with E-state index in [1.165, 1.54) is 11.0 Å². The van der Waals surface area contributed by atoms with Crippen molar-refractivity contribution < 1.29 is 36.6 Å². The van der Waals surface area contributed by atoms with Gasteiger partial charge in [0.25, 0.3) is 5.91 Å². The van der Waals surface area contributed by atoms with Crippen molar-refractivity contribution in [1.82, 2.24) is 9.47 Å². The molecule has 0 unspecified atom stereocenters. The molecule has 1 aromatic heterocycles. The van der Waals surface area contributed by atoms with Crippen LogP contribution in [0.25, 0.3) is 10.9 Å². The highest BCUT2D eigenvalue weighted by Gasteiger charge is 2.37. The number of alkyl halides is 3. The molecule has 36 heavy (non-hydrogen) atoms. The van der Waals surface area contributed by atoms with Gasteiger partial charge in [0.05, 0.1) is 28.9 Å². The number of halogens is 4. The fraction of sp³-hybridized carbons (Fsp3) is 0.360. The third kappa shape index (κ3) is 5.78. The minimum Gasteiger partial charge on any atom is -0.408 e. The first kappa shape index (κ1) is 27.0. The van der Waals surface area contributed by atoms with E-state index in [0.29, 0.717) is 49.8 Å². The third-order valence-electron chi connectivity index (χ3n) is 5.60. The van der Waals surface area contributed by atoms with Crippen molar-refractivity contribution in [1.29, 1.82) is 0 Å². The Bertz CT molecular complexity index is 1240. The molecule has 2 aromatic carbocycles. The highest BCUT2D eigenvalue weighted by molar-refractivity contribution is 6.11. The minimum atomic E-state index is -4.96. The number of hydrogen-bond acceptors (Lipinski definition) is 4. The summed E-state index contributed by atoms with van der Waals surface area (Å²) < 4.78 is 67.7. The molecule has 7 nitrogen and oxygen atoms in total. The van der Waals surface area contributed by atoms with Gasteiger partial charge in [0.15, 0.2) is 5.75 Å². The van der Waals surface area contributed by atoms with Crippen LogP contribution in [0, 0.1) is 5.82 Å². The van der Waals surface area contributed by atoms with Crippen molar-refractivity contribution in [3.05, 3.63) is 59.5 Å². The quantitative estimate of drug-likeness (QED) is 0.287. The Hall–Kier alpha value is -3.60. The molecule has 0 aliphatic rings. The zero-order valence-corrected chi connectivity index (χ0v) is 20.1. The molecule has 0 spiro atoms. The Labute approximate surface area is 205 Å². The van der Waals surface area contributed by atoms with E-state index in [-0.39, 0.29) is 11.4 Å². The standard InChI is InChI=1S/C25H27F4N3O4/c1-4-31(5-2)24(34)36-20-11-10-19-16(12-13-32(19)14-15-35-6-3)22(20)30-23(33)21-17(25(27,28)29)8-7-9-18(21)26/h7-13H,4-6,14-15H2,1-3H3,(H,30,33). The summed E-state index contributed by atoms with van der Waals surface area (Å²) in [6, 6.07) is 7.00. The molecular weight excluding hydrogens is 482 g/mol. The van der Waals surface area contributed by atoms with Crippen LogP contribution in [0.2, 0.25) is 0 Å². The van der Waals surface area contributed by atoms with Crippen LogP contribution in [0.4, 0.5) is 28.0 Å². The number of nitrogens with zero attached hydrogens (tertiary/aromatic N) is 2.